The summed E-state index contributed by atoms with van der Waals surface area (Å²) >= 11 is 0. The molecule has 0 spiro atoms. The first-order chi connectivity index (χ1) is 15.3. The fourth-order valence-electron chi connectivity index (χ4n) is 3.66. The van der Waals surface area contributed by atoms with Crippen molar-refractivity contribution in [3.63, 3.8) is 0 Å². The van der Waals surface area contributed by atoms with Crippen molar-refractivity contribution in [2.24, 2.45) is 0 Å². The summed E-state index contributed by atoms with van der Waals surface area (Å²) < 4.78 is 25.4. The van der Waals surface area contributed by atoms with E-state index in [4.69, 9.17) is 9.47 Å². The third-order valence-corrected chi connectivity index (χ3v) is 5.30. The van der Waals surface area contributed by atoms with Gasteiger partial charge < -0.3 is 9.47 Å². The number of halogens is 1. The smallest absolute Gasteiger partial charge is 0.343 e. The van der Waals surface area contributed by atoms with E-state index < -0.39 is 11.8 Å². The molecule has 6 heteroatoms. The molecule has 168 valence electrons. The van der Waals surface area contributed by atoms with Crippen LogP contribution in [0.15, 0.2) is 60.8 Å². The first kappa shape index (κ1) is 23.4. The van der Waals surface area contributed by atoms with E-state index in [1.54, 1.807) is 48.5 Å². The molecule has 0 radical (unpaired) electrons. The van der Waals surface area contributed by atoms with Gasteiger partial charge in [-0.2, -0.15) is 0 Å². The number of carbonyl (C=O) groups excluding carboxylic acids is 1. The summed E-state index contributed by atoms with van der Waals surface area (Å²) in [6.45, 7) is 9.00. The second-order valence-electron chi connectivity index (χ2n) is 8.14. The lowest BCUT2D eigenvalue weighted by Crippen LogP contribution is -2.36. The van der Waals surface area contributed by atoms with E-state index in [1.807, 2.05) is 6.07 Å². The number of hydrogen-bond acceptors (Lipinski definition) is 5. The molecule has 0 bridgehead atoms. The summed E-state index contributed by atoms with van der Waals surface area (Å²) in [7, 11) is 1.49. The van der Waals surface area contributed by atoms with Gasteiger partial charge >= 0.3 is 5.97 Å². The molecule has 32 heavy (non-hydrogen) atoms. The van der Waals surface area contributed by atoms with Crippen LogP contribution in [-0.2, 0) is 6.54 Å². The maximum absolute atomic E-state index is 14.7. The van der Waals surface area contributed by atoms with Crippen LogP contribution in [0, 0.1) is 5.82 Å². The second-order valence-corrected chi connectivity index (χ2v) is 8.14. The van der Waals surface area contributed by atoms with Crippen LogP contribution >= 0.6 is 0 Å². The highest BCUT2D eigenvalue weighted by molar-refractivity contribution is 5.92. The van der Waals surface area contributed by atoms with E-state index in [-0.39, 0.29) is 12.1 Å². The van der Waals surface area contributed by atoms with Crippen molar-refractivity contribution < 1.29 is 18.7 Å². The van der Waals surface area contributed by atoms with Crippen LogP contribution < -0.4 is 9.47 Å². The number of para-hydroxylation sites is 1. The van der Waals surface area contributed by atoms with Gasteiger partial charge in [0.15, 0.2) is 0 Å². The Hall–Kier alpha value is -3.25. The van der Waals surface area contributed by atoms with Crippen molar-refractivity contribution >= 4 is 5.97 Å². The van der Waals surface area contributed by atoms with Crippen LogP contribution in [0.3, 0.4) is 0 Å². The number of hydrogen-bond donors (Lipinski definition) is 0. The number of aromatic nitrogens is 1. The summed E-state index contributed by atoms with van der Waals surface area (Å²) in [4.78, 5) is 19.0. The highest BCUT2D eigenvalue weighted by atomic mass is 19.1. The minimum Gasteiger partial charge on any atom is -0.481 e. The Bertz CT molecular complexity index is 1060. The maximum Gasteiger partial charge on any atom is 0.343 e. The van der Waals surface area contributed by atoms with Crippen LogP contribution in [0.1, 0.15) is 43.6 Å². The Morgan fingerprint density at radius 2 is 1.69 bits per heavy atom. The van der Waals surface area contributed by atoms with Crippen LogP contribution in [0.4, 0.5) is 4.39 Å². The average molecular weight is 437 g/mol. The van der Waals surface area contributed by atoms with Gasteiger partial charge in [0.25, 0.3) is 0 Å². The minimum atomic E-state index is -0.461. The number of nitrogens with zero attached hydrogens (tertiary/aromatic N) is 2. The van der Waals surface area contributed by atoms with E-state index in [1.165, 1.54) is 7.11 Å². The number of rotatable bonds is 8. The molecular formula is C26H29FN2O3. The van der Waals surface area contributed by atoms with Gasteiger partial charge in [0.2, 0.25) is 5.88 Å². The number of ether oxygens (including phenoxy) is 2. The van der Waals surface area contributed by atoms with Crippen molar-refractivity contribution in [1.82, 2.24) is 9.88 Å². The third kappa shape index (κ3) is 5.51. The van der Waals surface area contributed by atoms with E-state index in [2.05, 4.69) is 37.6 Å². The Morgan fingerprint density at radius 1 is 1.00 bits per heavy atom. The van der Waals surface area contributed by atoms with Gasteiger partial charge in [-0.15, -0.1) is 0 Å². The first-order valence-corrected chi connectivity index (χ1v) is 10.7. The standard InChI is InChI=1S/C26H29FN2O3/c1-17(2)29(18(3)4)16-20-13-19(26(30)32-21-9-7-6-8-10-21)11-12-22(20)23-14-25(31-5)28-15-24(23)27/h6-15,17-18H,16H2,1-5H3. The zero-order chi connectivity index (χ0) is 23.3. The molecule has 0 saturated carbocycles. The molecule has 2 aromatic carbocycles. The number of pyridine rings is 1. The molecule has 0 N–H and O–H groups in total. The summed E-state index contributed by atoms with van der Waals surface area (Å²) in [6, 6.07) is 16.2. The van der Waals surface area contributed by atoms with Crippen molar-refractivity contribution in [3.8, 4) is 22.8 Å². The van der Waals surface area contributed by atoms with Crippen molar-refractivity contribution in [2.45, 2.75) is 46.3 Å². The largest absolute Gasteiger partial charge is 0.481 e. The van der Waals surface area contributed by atoms with Gasteiger partial charge in [-0.1, -0.05) is 24.3 Å². The lowest BCUT2D eigenvalue weighted by molar-refractivity contribution is 0.0734. The van der Waals surface area contributed by atoms with Crippen molar-refractivity contribution in [1.29, 1.82) is 0 Å². The molecular weight excluding hydrogens is 407 g/mol. The van der Waals surface area contributed by atoms with Gasteiger partial charge in [0.05, 0.1) is 18.9 Å². The van der Waals surface area contributed by atoms with Crippen LogP contribution in [0.2, 0.25) is 0 Å². The van der Waals surface area contributed by atoms with Gasteiger partial charge in [0, 0.05) is 30.3 Å². The summed E-state index contributed by atoms with van der Waals surface area (Å²) in [5.41, 5.74) is 2.29. The van der Waals surface area contributed by atoms with Crippen molar-refractivity contribution in [2.75, 3.05) is 7.11 Å². The normalized spacial score (nSPS) is 11.3. The summed E-state index contributed by atoms with van der Waals surface area (Å²) in [5.74, 6) is -0.117. The molecule has 0 saturated heterocycles. The Morgan fingerprint density at radius 3 is 2.31 bits per heavy atom. The molecule has 3 rings (SSSR count). The fourth-order valence-corrected chi connectivity index (χ4v) is 3.66. The zero-order valence-electron chi connectivity index (χ0n) is 19.1. The average Bonchev–Trinajstić information content (AvgIpc) is 2.78. The molecule has 5 nitrogen and oxygen atoms in total. The molecule has 0 fully saturated rings. The quantitative estimate of drug-likeness (QED) is 0.333. The highest BCUT2D eigenvalue weighted by Gasteiger charge is 2.20. The number of carbonyl (C=O) groups is 1. The van der Waals surface area contributed by atoms with Crippen LogP contribution in [-0.4, -0.2) is 35.0 Å². The topological polar surface area (TPSA) is 51.7 Å². The van der Waals surface area contributed by atoms with Gasteiger partial charge in [-0.25, -0.2) is 14.2 Å². The molecule has 0 amide bonds. The van der Waals surface area contributed by atoms with Gasteiger partial charge in [-0.05, 0) is 63.1 Å². The SMILES string of the molecule is COc1cc(-c2ccc(C(=O)Oc3ccccc3)cc2CN(C(C)C)C(C)C)c(F)cn1. The zero-order valence-corrected chi connectivity index (χ0v) is 19.1. The van der Waals surface area contributed by atoms with E-state index in [9.17, 15) is 9.18 Å². The summed E-state index contributed by atoms with van der Waals surface area (Å²) in [5, 5.41) is 0. The number of methoxy groups -OCH3 is 1. The fraction of sp³-hybridized carbons (Fsp3) is 0.308. The van der Waals surface area contributed by atoms with E-state index in [0.717, 1.165) is 11.8 Å². The molecule has 1 aromatic heterocycles. The molecule has 0 unspecified atom stereocenters. The summed E-state index contributed by atoms with van der Waals surface area (Å²) in [6.07, 6.45) is 1.15. The highest BCUT2D eigenvalue weighted by Crippen LogP contribution is 2.31. The lowest BCUT2D eigenvalue weighted by Gasteiger charge is -2.31. The second kappa shape index (κ2) is 10.4. The monoisotopic (exact) mass is 436 g/mol. The number of esters is 1. The predicted octanol–water partition coefficient (Wildman–Crippen LogP) is 5.73. The van der Waals surface area contributed by atoms with Crippen molar-refractivity contribution in [3.05, 3.63) is 77.7 Å². The van der Waals surface area contributed by atoms with Gasteiger partial charge in [-0.3, -0.25) is 4.90 Å². The lowest BCUT2D eigenvalue weighted by atomic mass is 9.96. The first-order valence-electron chi connectivity index (χ1n) is 10.7. The molecule has 0 atom stereocenters. The van der Waals surface area contributed by atoms with Gasteiger partial charge in [0.1, 0.15) is 11.6 Å². The Labute approximate surface area is 188 Å². The minimum absolute atomic E-state index is 0.264. The molecule has 1 heterocycles. The Kier molecular flexibility index (Phi) is 7.59. The number of benzene rings is 2. The van der Waals surface area contributed by atoms with E-state index >= 15 is 0 Å². The third-order valence-electron chi connectivity index (χ3n) is 5.30. The molecule has 3 aromatic rings. The van der Waals surface area contributed by atoms with Crippen LogP contribution in [0.25, 0.3) is 11.1 Å². The van der Waals surface area contributed by atoms with E-state index in [0.29, 0.717) is 34.9 Å². The molecule has 0 aliphatic rings. The maximum atomic E-state index is 14.7. The Balaban J connectivity index is 2.05. The van der Waals surface area contributed by atoms with Crippen LogP contribution in [0.5, 0.6) is 11.6 Å². The predicted molar refractivity (Wildman–Crippen MR) is 123 cm³/mol. The molecule has 0 aliphatic heterocycles. The molecule has 0 aliphatic carbocycles.